The van der Waals surface area contributed by atoms with Gasteiger partial charge in [-0.3, -0.25) is 14.0 Å². The van der Waals surface area contributed by atoms with Gasteiger partial charge in [0, 0.05) is 25.7 Å². The topological polar surface area (TPSA) is 78.1 Å². The number of rotatable bonds is 3. The smallest absolute Gasteiger partial charge is 0.227 e. The third-order valence-corrected chi connectivity index (χ3v) is 5.93. The molecule has 0 radical (unpaired) electrons. The lowest BCUT2D eigenvalue weighted by molar-refractivity contribution is 0.0538. The van der Waals surface area contributed by atoms with Gasteiger partial charge in [-0.1, -0.05) is 12.1 Å². The lowest BCUT2D eigenvalue weighted by atomic mass is 9.89. The van der Waals surface area contributed by atoms with Crippen LogP contribution in [0, 0.1) is 13.8 Å². The number of ether oxygens (including phenoxy) is 1. The molecule has 3 aromatic rings. The first-order chi connectivity index (χ1) is 13.9. The number of hydrogen-bond donors (Lipinski definition) is 0. The normalized spacial score (nSPS) is 20.9. The number of fused-ring (bicyclic) bond motifs is 1. The number of nitrogens with zero attached hydrogens (tertiary/aromatic N) is 6. The van der Waals surface area contributed by atoms with Crippen molar-refractivity contribution in [2.24, 2.45) is 7.05 Å². The molecule has 2 aliphatic rings. The second-order valence-corrected chi connectivity index (χ2v) is 8.11. The van der Waals surface area contributed by atoms with Crippen LogP contribution in [0.3, 0.4) is 0 Å². The van der Waals surface area contributed by atoms with Gasteiger partial charge in [0.15, 0.2) is 11.6 Å². The molecule has 1 unspecified atom stereocenters. The Bertz CT molecular complexity index is 1100. The summed E-state index contributed by atoms with van der Waals surface area (Å²) in [5.41, 5.74) is 2.28. The van der Waals surface area contributed by atoms with E-state index in [0.29, 0.717) is 30.8 Å². The molecular weight excluding hydrogens is 368 g/mol. The fourth-order valence-corrected chi connectivity index (χ4v) is 4.42. The first-order valence-corrected chi connectivity index (χ1v) is 9.90. The standard InChI is InChI=1S/C21H24N6O2/c1-14-10-15(2)27(24-14)12-19-22-23-20(25(19)3)26-9-8-21(13-26)11-17(28)16-6-4-5-7-18(16)29-21/h4-7,10H,8-9,11-13H2,1-3H3. The van der Waals surface area contributed by atoms with E-state index in [-0.39, 0.29) is 5.78 Å². The van der Waals surface area contributed by atoms with Gasteiger partial charge in [-0.15, -0.1) is 10.2 Å². The van der Waals surface area contributed by atoms with Gasteiger partial charge in [-0.25, -0.2) is 0 Å². The molecule has 150 valence electrons. The van der Waals surface area contributed by atoms with Gasteiger partial charge in [0.2, 0.25) is 5.95 Å². The first kappa shape index (κ1) is 17.9. The molecule has 1 saturated heterocycles. The van der Waals surface area contributed by atoms with Crippen LogP contribution in [0.5, 0.6) is 5.75 Å². The minimum Gasteiger partial charge on any atom is -0.484 e. The number of carbonyl (C=O) groups is 1. The maximum absolute atomic E-state index is 12.7. The van der Waals surface area contributed by atoms with Crippen molar-refractivity contribution in [3.05, 3.63) is 53.1 Å². The van der Waals surface area contributed by atoms with Crippen molar-refractivity contribution in [2.75, 3.05) is 18.0 Å². The molecule has 0 saturated carbocycles. The van der Waals surface area contributed by atoms with E-state index in [2.05, 4.69) is 26.3 Å². The third-order valence-electron chi connectivity index (χ3n) is 5.93. The van der Waals surface area contributed by atoms with E-state index in [1.165, 1.54) is 0 Å². The van der Waals surface area contributed by atoms with E-state index in [1.54, 1.807) is 0 Å². The van der Waals surface area contributed by atoms with Crippen LogP contribution in [-0.2, 0) is 13.6 Å². The molecule has 0 amide bonds. The largest absolute Gasteiger partial charge is 0.484 e. The summed E-state index contributed by atoms with van der Waals surface area (Å²) in [5, 5.41) is 13.3. The zero-order valence-corrected chi connectivity index (χ0v) is 16.9. The summed E-state index contributed by atoms with van der Waals surface area (Å²) in [6.07, 6.45) is 1.18. The lowest BCUT2D eigenvalue weighted by Gasteiger charge is -2.34. The highest BCUT2D eigenvalue weighted by molar-refractivity contribution is 6.00. The van der Waals surface area contributed by atoms with Crippen LogP contribution in [0.4, 0.5) is 5.95 Å². The van der Waals surface area contributed by atoms with Gasteiger partial charge in [0.25, 0.3) is 0 Å². The molecule has 1 aromatic carbocycles. The highest BCUT2D eigenvalue weighted by atomic mass is 16.5. The minimum absolute atomic E-state index is 0.150. The minimum atomic E-state index is -0.493. The summed E-state index contributed by atoms with van der Waals surface area (Å²) in [5.74, 6) is 2.48. The average molecular weight is 392 g/mol. The van der Waals surface area contributed by atoms with Crippen LogP contribution in [0.25, 0.3) is 0 Å². The molecule has 1 atom stereocenters. The number of carbonyl (C=O) groups excluding carboxylic acids is 1. The first-order valence-electron chi connectivity index (χ1n) is 9.90. The van der Waals surface area contributed by atoms with E-state index < -0.39 is 5.60 Å². The zero-order chi connectivity index (χ0) is 20.2. The van der Waals surface area contributed by atoms with Crippen LogP contribution in [0.15, 0.2) is 30.3 Å². The van der Waals surface area contributed by atoms with Crippen molar-refractivity contribution in [3.8, 4) is 5.75 Å². The predicted octanol–water partition coefficient (Wildman–Crippen LogP) is 2.29. The molecule has 8 nitrogen and oxygen atoms in total. The number of aromatic nitrogens is 5. The van der Waals surface area contributed by atoms with E-state index in [1.807, 2.05) is 54.4 Å². The van der Waals surface area contributed by atoms with E-state index in [4.69, 9.17) is 4.74 Å². The number of hydrogen-bond acceptors (Lipinski definition) is 6. The third kappa shape index (κ3) is 2.99. The summed E-state index contributed by atoms with van der Waals surface area (Å²) in [6, 6.07) is 9.56. The zero-order valence-electron chi connectivity index (χ0n) is 16.9. The fourth-order valence-electron chi connectivity index (χ4n) is 4.42. The molecule has 1 fully saturated rings. The van der Waals surface area contributed by atoms with E-state index in [9.17, 15) is 4.79 Å². The molecule has 0 bridgehead atoms. The summed E-state index contributed by atoms with van der Waals surface area (Å²) < 4.78 is 10.3. The Labute approximate surface area is 169 Å². The van der Waals surface area contributed by atoms with Crippen LogP contribution in [0.1, 0.15) is 40.4 Å². The highest BCUT2D eigenvalue weighted by Crippen LogP contribution is 2.39. The number of ketones is 1. The summed E-state index contributed by atoms with van der Waals surface area (Å²) in [4.78, 5) is 14.8. The van der Waals surface area contributed by atoms with Gasteiger partial charge < -0.3 is 9.64 Å². The molecule has 4 heterocycles. The number of anilines is 1. The molecular formula is C21H24N6O2. The Morgan fingerprint density at radius 1 is 1.21 bits per heavy atom. The monoisotopic (exact) mass is 392 g/mol. The van der Waals surface area contributed by atoms with Gasteiger partial charge in [-0.05, 0) is 32.0 Å². The van der Waals surface area contributed by atoms with Crippen molar-refractivity contribution in [1.82, 2.24) is 24.5 Å². The van der Waals surface area contributed by atoms with Gasteiger partial charge in [0.1, 0.15) is 17.9 Å². The van der Waals surface area contributed by atoms with Gasteiger partial charge in [0.05, 0.1) is 24.2 Å². The molecule has 29 heavy (non-hydrogen) atoms. The SMILES string of the molecule is Cc1cc(C)n(Cc2nnc(N3CCC4(CC(=O)c5ccccc5O4)C3)n2C)n1. The van der Waals surface area contributed by atoms with Crippen LogP contribution < -0.4 is 9.64 Å². The molecule has 0 N–H and O–H groups in total. The number of aryl methyl sites for hydroxylation is 2. The van der Waals surface area contributed by atoms with Gasteiger partial charge in [-0.2, -0.15) is 5.10 Å². The Morgan fingerprint density at radius 2 is 2.03 bits per heavy atom. The second-order valence-electron chi connectivity index (χ2n) is 8.11. The lowest BCUT2D eigenvalue weighted by Crippen LogP contribution is -2.44. The van der Waals surface area contributed by atoms with Crippen molar-refractivity contribution in [1.29, 1.82) is 0 Å². The highest BCUT2D eigenvalue weighted by Gasteiger charge is 2.46. The molecule has 5 rings (SSSR count). The van der Waals surface area contributed by atoms with Crippen LogP contribution in [-0.4, -0.2) is 49.0 Å². The maximum atomic E-state index is 12.7. The van der Waals surface area contributed by atoms with Crippen molar-refractivity contribution in [2.45, 2.75) is 38.8 Å². The predicted molar refractivity (Wildman–Crippen MR) is 107 cm³/mol. The number of Topliss-reactive ketones (excluding diaryl/α,β-unsaturated/α-hetero) is 1. The van der Waals surface area contributed by atoms with Crippen molar-refractivity contribution in [3.63, 3.8) is 0 Å². The maximum Gasteiger partial charge on any atom is 0.227 e. The van der Waals surface area contributed by atoms with Crippen LogP contribution >= 0.6 is 0 Å². The quantitative estimate of drug-likeness (QED) is 0.681. The second kappa shape index (κ2) is 6.43. The fraction of sp³-hybridized carbons (Fsp3) is 0.429. The Balaban J connectivity index is 1.37. The van der Waals surface area contributed by atoms with Crippen molar-refractivity contribution >= 4 is 11.7 Å². The Hall–Kier alpha value is -3.16. The Morgan fingerprint density at radius 3 is 2.83 bits per heavy atom. The van der Waals surface area contributed by atoms with Gasteiger partial charge >= 0.3 is 0 Å². The Kier molecular flexibility index (Phi) is 3.97. The average Bonchev–Trinajstić information content (AvgIpc) is 3.34. The van der Waals surface area contributed by atoms with Crippen LogP contribution in [0.2, 0.25) is 0 Å². The van der Waals surface area contributed by atoms with Crippen molar-refractivity contribution < 1.29 is 9.53 Å². The molecule has 0 aliphatic carbocycles. The number of para-hydroxylation sites is 1. The summed E-state index contributed by atoms with van der Waals surface area (Å²) in [7, 11) is 1.98. The molecule has 1 spiro atoms. The van der Waals surface area contributed by atoms with E-state index >= 15 is 0 Å². The molecule has 2 aliphatic heterocycles. The summed E-state index contributed by atoms with van der Waals surface area (Å²) in [6.45, 7) is 6.00. The molecule has 8 heteroatoms. The summed E-state index contributed by atoms with van der Waals surface area (Å²) >= 11 is 0. The molecule has 2 aromatic heterocycles. The number of benzene rings is 1. The van der Waals surface area contributed by atoms with E-state index in [0.717, 1.165) is 36.1 Å².